The van der Waals surface area contributed by atoms with Crippen molar-refractivity contribution in [2.24, 2.45) is 0 Å². The molecule has 1 atom stereocenters. The van der Waals surface area contributed by atoms with Crippen molar-refractivity contribution in [1.82, 2.24) is 9.88 Å². The van der Waals surface area contributed by atoms with Gasteiger partial charge in [0.05, 0.1) is 5.56 Å². The number of hydrogen-bond acceptors (Lipinski definition) is 3. The van der Waals surface area contributed by atoms with Crippen LogP contribution in [-0.4, -0.2) is 28.1 Å². The van der Waals surface area contributed by atoms with Gasteiger partial charge in [0.1, 0.15) is 6.04 Å². The monoisotopic (exact) mass is 250 g/mol. The van der Waals surface area contributed by atoms with E-state index in [1.54, 1.807) is 0 Å². The molecule has 0 bridgehead atoms. The van der Waals surface area contributed by atoms with Crippen LogP contribution >= 0.6 is 0 Å². The lowest BCUT2D eigenvalue weighted by Crippen LogP contribution is -2.35. The van der Waals surface area contributed by atoms with E-state index in [0.717, 1.165) is 12.8 Å². The molecule has 1 amide bonds. The number of amides is 1. The minimum atomic E-state index is -1.11. The summed E-state index contributed by atoms with van der Waals surface area (Å²) in [6.07, 6.45) is 3.48. The molecule has 1 aliphatic rings. The number of pyridine rings is 1. The lowest BCUT2D eigenvalue weighted by atomic mass is 10.1. The topological polar surface area (TPSA) is 88.4 Å². The van der Waals surface area contributed by atoms with Gasteiger partial charge in [-0.15, -0.1) is 0 Å². The Morgan fingerprint density at radius 2 is 2.11 bits per heavy atom. The van der Waals surface area contributed by atoms with Gasteiger partial charge in [0.25, 0.3) is 5.56 Å². The number of carboxylic acids is 1. The summed E-state index contributed by atoms with van der Waals surface area (Å²) >= 11 is 0. The number of hydrogen-bond donors (Lipinski definition) is 2. The smallest absolute Gasteiger partial charge is 0.337 e. The second-order valence-electron chi connectivity index (χ2n) is 4.27. The molecule has 18 heavy (non-hydrogen) atoms. The summed E-state index contributed by atoms with van der Waals surface area (Å²) in [6.45, 7) is 0.600. The van der Waals surface area contributed by atoms with E-state index in [-0.39, 0.29) is 17.0 Å². The standard InChI is InChI=1S/C12H14N2O4/c15-10-5-4-8(12(17)18)7-14(10)9-3-1-2-6-13-11(9)16/h4-5,7,9H,1-3,6H2,(H,13,16)(H,17,18). The highest BCUT2D eigenvalue weighted by atomic mass is 16.4. The van der Waals surface area contributed by atoms with Crippen LogP contribution in [0.1, 0.15) is 35.7 Å². The van der Waals surface area contributed by atoms with Gasteiger partial charge in [-0.2, -0.15) is 0 Å². The van der Waals surface area contributed by atoms with Crippen LogP contribution in [-0.2, 0) is 4.79 Å². The normalized spacial score (nSPS) is 20.0. The maximum absolute atomic E-state index is 11.8. The van der Waals surface area contributed by atoms with E-state index in [9.17, 15) is 14.4 Å². The van der Waals surface area contributed by atoms with E-state index in [0.29, 0.717) is 13.0 Å². The van der Waals surface area contributed by atoms with Gasteiger partial charge in [-0.3, -0.25) is 9.59 Å². The number of nitrogens with zero attached hydrogens (tertiary/aromatic N) is 1. The third kappa shape index (κ3) is 2.42. The number of aromatic nitrogens is 1. The highest BCUT2D eigenvalue weighted by Gasteiger charge is 2.23. The number of carboxylic acid groups (broad SMARTS) is 1. The number of carbonyl (C=O) groups is 2. The molecule has 0 aliphatic carbocycles. The summed E-state index contributed by atoms with van der Waals surface area (Å²) in [5.74, 6) is -1.34. The molecule has 2 rings (SSSR count). The van der Waals surface area contributed by atoms with Crippen LogP contribution in [0.3, 0.4) is 0 Å². The third-order valence-corrected chi connectivity index (χ3v) is 3.03. The molecular weight excluding hydrogens is 236 g/mol. The number of nitrogens with one attached hydrogen (secondary N) is 1. The Balaban J connectivity index is 2.41. The van der Waals surface area contributed by atoms with Crippen LogP contribution in [0.15, 0.2) is 23.1 Å². The highest BCUT2D eigenvalue weighted by Crippen LogP contribution is 2.16. The third-order valence-electron chi connectivity index (χ3n) is 3.03. The second-order valence-corrected chi connectivity index (χ2v) is 4.27. The molecule has 1 saturated heterocycles. The van der Waals surface area contributed by atoms with Crippen molar-refractivity contribution in [3.8, 4) is 0 Å². The Morgan fingerprint density at radius 3 is 2.83 bits per heavy atom. The lowest BCUT2D eigenvalue weighted by Gasteiger charge is -2.16. The van der Waals surface area contributed by atoms with Crippen molar-refractivity contribution in [3.05, 3.63) is 34.2 Å². The predicted molar refractivity (Wildman–Crippen MR) is 63.6 cm³/mol. The van der Waals surface area contributed by atoms with Crippen molar-refractivity contribution in [1.29, 1.82) is 0 Å². The fraction of sp³-hybridized carbons (Fsp3) is 0.417. The van der Waals surface area contributed by atoms with Crippen LogP contribution in [0.25, 0.3) is 0 Å². The molecule has 0 saturated carbocycles. The maximum Gasteiger partial charge on any atom is 0.337 e. The van der Waals surface area contributed by atoms with Crippen molar-refractivity contribution >= 4 is 11.9 Å². The van der Waals surface area contributed by atoms with Crippen molar-refractivity contribution in [2.75, 3.05) is 6.54 Å². The van der Waals surface area contributed by atoms with E-state index in [1.165, 1.54) is 22.9 Å². The Kier molecular flexibility index (Phi) is 3.45. The van der Waals surface area contributed by atoms with E-state index in [4.69, 9.17) is 5.11 Å². The second kappa shape index (κ2) is 5.03. The number of carbonyl (C=O) groups excluding carboxylic acids is 1. The van der Waals surface area contributed by atoms with Crippen LogP contribution in [0.5, 0.6) is 0 Å². The van der Waals surface area contributed by atoms with Gasteiger partial charge in [0.2, 0.25) is 5.91 Å². The summed E-state index contributed by atoms with van der Waals surface area (Å²) in [6, 6.07) is 1.82. The average Bonchev–Trinajstić information content (AvgIpc) is 2.54. The zero-order valence-corrected chi connectivity index (χ0v) is 9.76. The van der Waals surface area contributed by atoms with Crippen LogP contribution < -0.4 is 10.9 Å². The molecule has 1 aromatic rings. The Hall–Kier alpha value is -2.11. The van der Waals surface area contributed by atoms with Gasteiger partial charge in [-0.25, -0.2) is 4.79 Å². The summed E-state index contributed by atoms with van der Waals surface area (Å²) in [4.78, 5) is 34.5. The lowest BCUT2D eigenvalue weighted by molar-refractivity contribution is -0.124. The van der Waals surface area contributed by atoms with Crippen LogP contribution in [0.4, 0.5) is 0 Å². The summed E-state index contributed by atoms with van der Waals surface area (Å²) in [5, 5.41) is 11.6. The number of aromatic carboxylic acids is 1. The first-order valence-corrected chi connectivity index (χ1v) is 5.83. The first-order valence-electron chi connectivity index (χ1n) is 5.83. The minimum absolute atomic E-state index is 0.00615. The quantitative estimate of drug-likeness (QED) is 0.794. The highest BCUT2D eigenvalue weighted by molar-refractivity contribution is 5.87. The summed E-state index contributed by atoms with van der Waals surface area (Å²) in [5.41, 5.74) is -0.353. The van der Waals surface area contributed by atoms with Gasteiger partial charge in [0, 0.05) is 18.8 Å². The van der Waals surface area contributed by atoms with E-state index in [1.807, 2.05) is 0 Å². The molecule has 0 aromatic carbocycles. The first-order chi connectivity index (χ1) is 8.59. The molecule has 2 N–H and O–H groups in total. The van der Waals surface area contributed by atoms with E-state index < -0.39 is 12.0 Å². The molecular formula is C12H14N2O4. The molecule has 0 spiro atoms. The Labute approximate surface area is 103 Å². The summed E-state index contributed by atoms with van der Waals surface area (Å²) < 4.78 is 1.21. The van der Waals surface area contributed by atoms with Crippen molar-refractivity contribution < 1.29 is 14.7 Å². The van der Waals surface area contributed by atoms with Gasteiger partial charge in [-0.1, -0.05) is 0 Å². The molecule has 6 heteroatoms. The summed E-state index contributed by atoms with van der Waals surface area (Å²) in [7, 11) is 0. The SMILES string of the molecule is O=C(O)c1ccc(=O)n(C2CCCCNC2=O)c1. The fourth-order valence-corrected chi connectivity index (χ4v) is 2.06. The average molecular weight is 250 g/mol. The molecule has 1 aliphatic heterocycles. The number of rotatable bonds is 2. The fourth-order valence-electron chi connectivity index (χ4n) is 2.06. The predicted octanol–water partition coefficient (Wildman–Crippen LogP) is 0.388. The molecule has 2 heterocycles. The van der Waals surface area contributed by atoms with Gasteiger partial charge in [0.15, 0.2) is 0 Å². The van der Waals surface area contributed by atoms with Crippen molar-refractivity contribution in [2.45, 2.75) is 25.3 Å². The minimum Gasteiger partial charge on any atom is -0.478 e. The Morgan fingerprint density at radius 1 is 1.33 bits per heavy atom. The van der Waals surface area contributed by atoms with E-state index >= 15 is 0 Å². The van der Waals surface area contributed by atoms with Crippen molar-refractivity contribution in [3.63, 3.8) is 0 Å². The molecule has 96 valence electrons. The van der Waals surface area contributed by atoms with Gasteiger partial charge in [-0.05, 0) is 25.3 Å². The largest absolute Gasteiger partial charge is 0.478 e. The van der Waals surface area contributed by atoms with Gasteiger partial charge < -0.3 is 15.0 Å². The molecule has 1 unspecified atom stereocenters. The van der Waals surface area contributed by atoms with Gasteiger partial charge >= 0.3 is 5.97 Å². The zero-order valence-electron chi connectivity index (χ0n) is 9.76. The van der Waals surface area contributed by atoms with Crippen LogP contribution in [0, 0.1) is 0 Å². The van der Waals surface area contributed by atoms with E-state index in [2.05, 4.69) is 5.32 Å². The Bertz CT molecular complexity index is 535. The van der Waals surface area contributed by atoms with Crippen LogP contribution in [0.2, 0.25) is 0 Å². The molecule has 1 fully saturated rings. The zero-order chi connectivity index (χ0) is 13.1. The molecule has 6 nitrogen and oxygen atoms in total. The first kappa shape index (κ1) is 12.3. The maximum atomic E-state index is 11.8. The molecule has 0 radical (unpaired) electrons. The molecule has 1 aromatic heterocycles.